The molecule has 2 N–H and O–H groups in total. The summed E-state index contributed by atoms with van der Waals surface area (Å²) in [6, 6.07) is 2.96. The summed E-state index contributed by atoms with van der Waals surface area (Å²) >= 11 is 19.5. The predicted octanol–water partition coefficient (Wildman–Crippen LogP) is 6.95. The molecule has 2 unspecified atom stereocenters. The number of nitrogens with zero attached hydrogens (tertiary/aromatic N) is 6. The van der Waals surface area contributed by atoms with E-state index in [2.05, 4.69) is 17.6 Å². The van der Waals surface area contributed by atoms with E-state index in [9.17, 15) is 19.2 Å². The Morgan fingerprint density at radius 2 is 1.93 bits per heavy atom. The Morgan fingerprint density at radius 1 is 1.24 bits per heavy atom. The van der Waals surface area contributed by atoms with Crippen molar-refractivity contribution in [2.24, 2.45) is 16.8 Å². The minimum atomic E-state index is -0.861. The molecule has 1 amide bonds. The number of rotatable bonds is 5. The van der Waals surface area contributed by atoms with Gasteiger partial charge >= 0.3 is 0 Å². The van der Waals surface area contributed by atoms with E-state index in [1.54, 1.807) is 24.1 Å². The second-order valence-electron chi connectivity index (χ2n) is 11.9. The van der Waals surface area contributed by atoms with Crippen molar-refractivity contribution in [2.75, 3.05) is 30.3 Å². The number of carbonyl (C=O) groups excluding carboxylic acids is 1. The summed E-state index contributed by atoms with van der Waals surface area (Å²) in [4.78, 5) is 40.3. The maximum Gasteiger partial charge on any atom is 0.272 e. The Hall–Kier alpha value is -3.91. The zero-order valence-corrected chi connectivity index (χ0v) is 28.3. The number of benzene rings is 1. The van der Waals surface area contributed by atoms with E-state index >= 15 is 0 Å². The van der Waals surface area contributed by atoms with E-state index in [4.69, 9.17) is 45.5 Å². The number of pyridine rings is 2. The Bertz CT molecular complexity index is 1930. The van der Waals surface area contributed by atoms with Crippen LogP contribution in [0.25, 0.3) is 22.3 Å². The fraction of sp³-hybridized carbons (Fsp3) is 0.364. The van der Waals surface area contributed by atoms with Gasteiger partial charge in [0.25, 0.3) is 5.56 Å². The number of carbonyl (C=O) groups is 1. The molecule has 1 aromatic carbocycles. The smallest absolute Gasteiger partial charge is 0.272 e. The van der Waals surface area contributed by atoms with Gasteiger partial charge in [-0.2, -0.15) is 5.26 Å². The number of hydrogen-bond donors (Lipinski definition) is 1. The molecule has 9 nitrogen and oxygen atoms in total. The van der Waals surface area contributed by atoms with Crippen LogP contribution in [0.1, 0.15) is 44.9 Å². The lowest BCUT2D eigenvalue weighted by Crippen LogP contribution is -2.54. The van der Waals surface area contributed by atoms with Gasteiger partial charge in [-0.25, -0.2) is 9.37 Å². The Labute approximate surface area is 281 Å². The number of piperazine rings is 1. The molecule has 5 rings (SSSR count). The van der Waals surface area contributed by atoms with Gasteiger partial charge in [-0.15, -0.1) is 0 Å². The third-order valence-corrected chi connectivity index (χ3v) is 9.85. The first-order valence-corrected chi connectivity index (χ1v) is 15.9. The van der Waals surface area contributed by atoms with Crippen LogP contribution in [0.15, 0.2) is 40.8 Å². The zero-order chi connectivity index (χ0) is 33.8. The molecule has 0 saturated carbocycles. The molecule has 0 radical (unpaired) electrons. The Balaban J connectivity index is 1.89. The summed E-state index contributed by atoms with van der Waals surface area (Å²) in [5.41, 5.74) is 7.57. The molecular weight excluding hydrogens is 652 g/mol. The molecule has 4 heterocycles. The molecule has 0 spiro atoms. The number of nitrogens with two attached hydrogens (primary N) is 1. The molecule has 3 aromatic rings. The number of halogens is 4. The van der Waals surface area contributed by atoms with Crippen molar-refractivity contribution >= 4 is 68.8 Å². The van der Waals surface area contributed by atoms with Crippen molar-refractivity contribution in [3.05, 3.63) is 73.4 Å². The molecule has 13 heteroatoms. The van der Waals surface area contributed by atoms with E-state index in [0.29, 0.717) is 30.7 Å². The maximum absolute atomic E-state index is 14.8. The quantitative estimate of drug-likeness (QED) is 0.176. The SMILES string of the molecule is C=CC(=O)N1CCN(c2c(C#N)c(=O)n(C3C(C(C)C)=NC=CC3C)c3nc(-c4c(C)c(Cl)c(F)c(Cl)c4N)c(Cl)cc23)C[C@H]1C. The number of nitriles is 1. The van der Waals surface area contributed by atoms with Gasteiger partial charge < -0.3 is 15.5 Å². The summed E-state index contributed by atoms with van der Waals surface area (Å²) in [6.45, 7) is 14.0. The third kappa shape index (κ3) is 5.34. The summed E-state index contributed by atoms with van der Waals surface area (Å²) in [6.07, 6.45) is 4.88. The lowest BCUT2D eigenvalue weighted by atomic mass is 9.88. The number of hydrogen-bond acceptors (Lipinski definition) is 7. The minimum Gasteiger partial charge on any atom is -0.397 e. The van der Waals surface area contributed by atoms with Crippen LogP contribution in [-0.2, 0) is 4.79 Å². The molecule has 2 aliphatic heterocycles. The van der Waals surface area contributed by atoms with E-state index in [1.807, 2.05) is 38.7 Å². The van der Waals surface area contributed by atoms with Crippen molar-refractivity contribution < 1.29 is 9.18 Å². The largest absolute Gasteiger partial charge is 0.397 e. The average molecular weight is 685 g/mol. The predicted molar refractivity (Wildman–Crippen MR) is 183 cm³/mol. The van der Waals surface area contributed by atoms with Gasteiger partial charge in [0.05, 0.1) is 33.2 Å². The summed E-state index contributed by atoms with van der Waals surface area (Å²) in [7, 11) is 0. The molecule has 2 aromatic heterocycles. The van der Waals surface area contributed by atoms with Gasteiger partial charge in [0.15, 0.2) is 5.82 Å². The van der Waals surface area contributed by atoms with Gasteiger partial charge in [-0.1, -0.05) is 68.2 Å². The number of amides is 1. The number of nitrogen functional groups attached to an aromatic ring is 1. The number of aromatic nitrogens is 2. The van der Waals surface area contributed by atoms with Crippen molar-refractivity contribution in [1.29, 1.82) is 5.26 Å². The van der Waals surface area contributed by atoms with Gasteiger partial charge in [0.1, 0.15) is 22.3 Å². The molecular formula is C33H33Cl3FN7O2. The first kappa shape index (κ1) is 33.5. The first-order valence-electron chi connectivity index (χ1n) is 14.8. The highest BCUT2D eigenvalue weighted by Crippen LogP contribution is 2.45. The van der Waals surface area contributed by atoms with E-state index in [0.717, 1.165) is 5.71 Å². The topological polar surface area (TPSA) is 121 Å². The van der Waals surface area contributed by atoms with E-state index in [1.165, 1.54) is 10.6 Å². The van der Waals surface area contributed by atoms with Gasteiger partial charge in [-0.05, 0) is 37.5 Å². The van der Waals surface area contributed by atoms with E-state index in [-0.39, 0.29) is 72.6 Å². The number of allylic oxidation sites excluding steroid dienone is 1. The standard InChI is InChI=1S/C33H33Cl3FN7O2/c1-7-22(45)43-11-10-42(14-17(43)5)31-19-12-21(34)29(23-18(6)24(35)26(37)25(36)27(23)39)41-32(19)44(33(46)20(31)13-38)30-16(4)8-9-40-28(30)15(2)3/h7-9,12,15-17,30H,1,10-11,14,39H2,2-6H3/t16?,17-,30?/m1/s1. The number of fused-ring (bicyclic) bond motifs is 1. The molecule has 240 valence electrons. The number of aliphatic imine (C=N–C) groups is 1. The first-order chi connectivity index (χ1) is 21.7. The molecule has 1 fully saturated rings. The van der Waals surface area contributed by atoms with Gasteiger partial charge in [-0.3, -0.25) is 19.1 Å². The normalized spacial score (nSPS) is 19.8. The second-order valence-corrected chi connectivity index (χ2v) is 13.1. The van der Waals surface area contributed by atoms with Crippen molar-refractivity contribution in [3.63, 3.8) is 0 Å². The van der Waals surface area contributed by atoms with Crippen LogP contribution in [0, 0.1) is 35.9 Å². The fourth-order valence-electron chi connectivity index (χ4n) is 6.44. The van der Waals surface area contributed by atoms with Crippen molar-refractivity contribution in [2.45, 2.75) is 46.7 Å². The summed E-state index contributed by atoms with van der Waals surface area (Å²) in [5.74, 6) is -1.29. The second kappa shape index (κ2) is 12.7. The lowest BCUT2D eigenvalue weighted by molar-refractivity contribution is -0.128. The van der Waals surface area contributed by atoms with E-state index < -0.39 is 17.4 Å². The highest BCUT2D eigenvalue weighted by molar-refractivity contribution is 6.39. The fourth-order valence-corrected chi connectivity index (χ4v) is 7.11. The molecule has 3 atom stereocenters. The van der Waals surface area contributed by atoms with Crippen LogP contribution in [-0.4, -0.2) is 51.7 Å². The third-order valence-electron chi connectivity index (χ3n) is 8.74. The molecule has 0 aliphatic carbocycles. The molecule has 2 aliphatic rings. The van der Waals surface area contributed by atoms with Crippen molar-refractivity contribution in [3.8, 4) is 17.3 Å². The summed E-state index contributed by atoms with van der Waals surface area (Å²) in [5, 5.41) is 10.5. The highest BCUT2D eigenvalue weighted by Gasteiger charge is 2.36. The minimum absolute atomic E-state index is 0.0414. The lowest BCUT2D eigenvalue weighted by Gasteiger charge is -2.41. The monoisotopic (exact) mass is 683 g/mol. The number of anilines is 2. The maximum atomic E-state index is 14.8. The Morgan fingerprint density at radius 3 is 2.54 bits per heavy atom. The van der Waals surface area contributed by atoms with Crippen LogP contribution in [0.3, 0.4) is 0 Å². The highest BCUT2D eigenvalue weighted by atomic mass is 35.5. The van der Waals surface area contributed by atoms with Crippen LogP contribution < -0.4 is 16.2 Å². The van der Waals surface area contributed by atoms with Crippen molar-refractivity contribution in [1.82, 2.24) is 14.5 Å². The average Bonchev–Trinajstić information content (AvgIpc) is 3.02. The van der Waals surface area contributed by atoms with Crippen LogP contribution in [0.5, 0.6) is 0 Å². The van der Waals surface area contributed by atoms with Gasteiger partial charge in [0.2, 0.25) is 5.91 Å². The molecule has 46 heavy (non-hydrogen) atoms. The van der Waals surface area contributed by atoms with Crippen LogP contribution >= 0.6 is 34.8 Å². The van der Waals surface area contributed by atoms with Crippen LogP contribution in [0.2, 0.25) is 15.1 Å². The van der Waals surface area contributed by atoms with Gasteiger partial charge in [0, 0.05) is 54.5 Å². The van der Waals surface area contributed by atoms with Crippen LogP contribution in [0.4, 0.5) is 15.8 Å². The zero-order valence-electron chi connectivity index (χ0n) is 26.0. The molecule has 0 bridgehead atoms. The molecule has 1 saturated heterocycles. The summed E-state index contributed by atoms with van der Waals surface area (Å²) < 4.78 is 16.3. The Kier molecular flexibility index (Phi) is 9.24.